The molecule has 0 saturated carbocycles. The van der Waals surface area contributed by atoms with Gasteiger partial charge < -0.3 is 19.8 Å². The van der Waals surface area contributed by atoms with Crippen molar-refractivity contribution in [1.82, 2.24) is 9.97 Å². The summed E-state index contributed by atoms with van der Waals surface area (Å²) < 4.78 is 11.2. The molecule has 0 amide bonds. The average Bonchev–Trinajstić information content (AvgIpc) is 2.96. The molecule has 1 aliphatic heterocycles. The molecule has 1 atom stereocenters. The normalized spacial score (nSPS) is 16.9. The first-order chi connectivity index (χ1) is 10.8. The first-order valence-electron chi connectivity index (χ1n) is 7.33. The van der Waals surface area contributed by atoms with Gasteiger partial charge in [-0.05, 0) is 24.6 Å². The fourth-order valence-corrected chi connectivity index (χ4v) is 2.86. The summed E-state index contributed by atoms with van der Waals surface area (Å²) in [5.74, 6) is 2.42. The Morgan fingerprint density at radius 3 is 3.00 bits per heavy atom. The van der Waals surface area contributed by atoms with Crippen molar-refractivity contribution in [3.8, 4) is 11.5 Å². The van der Waals surface area contributed by atoms with Crippen LogP contribution in [0.1, 0.15) is 5.56 Å². The fraction of sp³-hybridized carbons (Fsp3) is 0.235. The molecule has 0 spiro atoms. The number of aromatic nitrogens is 2. The molecular formula is C17H17N3O2. The topological polar surface area (TPSA) is 59.2 Å². The highest BCUT2D eigenvalue weighted by Crippen LogP contribution is 2.35. The lowest BCUT2D eigenvalue weighted by atomic mass is 10.0. The SMILES string of the molecule is COc1cccc2c1OCC(Nc1nc3ccccc3[nH]1)C2. The molecule has 0 fully saturated rings. The Balaban J connectivity index is 1.55. The zero-order chi connectivity index (χ0) is 14.9. The largest absolute Gasteiger partial charge is 0.493 e. The molecule has 22 heavy (non-hydrogen) atoms. The third-order valence-corrected chi connectivity index (χ3v) is 3.91. The number of nitrogens with one attached hydrogen (secondary N) is 2. The molecule has 1 unspecified atom stereocenters. The number of para-hydroxylation sites is 3. The van der Waals surface area contributed by atoms with E-state index in [1.54, 1.807) is 7.11 Å². The van der Waals surface area contributed by atoms with Gasteiger partial charge in [-0.15, -0.1) is 0 Å². The van der Waals surface area contributed by atoms with E-state index in [2.05, 4.69) is 21.4 Å². The number of hydrogen-bond acceptors (Lipinski definition) is 4. The summed E-state index contributed by atoms with van der Waals surface area (Å²) in [5.41, 5.74) is 3.15. The first kappa shape index (κ1) is 13.0. The van der Waals surface area contributed by atoms with Gasteiger partial charge in [-0.1, -0.05) is 24.3 Å². The minimum atomic E-state index is 0.181. The van der Waals surface area contributed by atoms with E-state index in [0.717, 1.165) is 40.5 Å². The van der Waals surface area contributed by atoms with Crippen LogP contribution in [-0.4, -0.2) is 29.7 Å². The van der Waals surface area contributed by atoms with Gasteiger partial charge in [-0.3, -0.25) is 0 Å². The zero-order valence-corrected chi connectivity index (χ0v) is 12.3. The van der Waals surface area contributed by atoms with Crippen molar-refractivity contribution >= 4 is 17.0 Å². The molecule has 0 saturated heterocycles. The van der Waals surface area contributed by atoms with Crippen molar-refractivity contribution in [2.45, 2.75) is 12.5 Å². The number of hydrogen-bond donors (Lipinski definition) is 2. The third-order valence-electron chi connectivity index (χ3n) is 3.91. The van der Waals surface area contributed by atoms with E-state index in [-0.39, 0.29) is 6.04 Å². The standard InChI is InChI=1S/C17H17N3O2/c1-21-15-8-4-5-11-9-12(10-22-16(11)15)18-17-19-13-6-2-3-7-14(13)20-17/h2-8,12H,9-10H2,1H3,(H2,18,19,20). The second-order valence-electron chi connectivity index (χ2n) is 5.41. The third kappa shape index (κ3) is 2.24. The van der Waals surface area contributed by atoms with Gasteiger partial charge in [0.15, 0.2) is 11.5 Å². The highest BCUT2D eigenvalue weighted by atomic mass is 16.5. The molecule has 0 bridgehead atoms. The number of ether oxygens (including phenoxy) is 2. The zero-order valence-electron chi connectivity index (χ0n) is 12.3. The molecule has 5 heteroatoms. The molecule has 112 valence electrons. The Hall–Kier alpha value is -2.69. The molecular weight excluding hydrogens is 278 g/mol. The summed E-state index contributed by atoms with van der Waals surface area (Å²) in [4.78, 5) is 7.84. The van der Waals surface area contributed by atoms with Crippen LogP contribution < -0.4 is 14.8 Å². The maximum absolute atomic E-state index is 5.88. The van der Waals surface area contributed by atoms with Crippen LogP contribution >= 0.6 is 0 Å². The van der Waals surface area contributed by atoms with Crippen LogP contribution in [0.3, 0.4) is 0 Å². The van der Waals surface area contributed by atoms with E-state index in [1.165, 1.54) is 0 Å². The quantitative estimate of drug-likeness (QED) is 0.780. The Labute approximate surface area is 128 Å². The number of aromatic amines is 1. The Kier molecular flexibility index (Phi) is 3.11. The number of rotatable bonds is 3. The maximum Gasteiger partial charge on any atom is 0.201 e. The van der Waals surface area contributed by atoms with Crippen molar-refractivity contribution in [1.29, 1.82) is 0 Å². The van der Waals surface area contributed by atoms with Crippen molar-refractivity contribution < 1.29 is 9.47 Å². The molecule has 0 radical (unpaired) electrons. The summed E-state index contributed by atoms with van der Waals surface area (Å²) in [7, 11) is 1.66. The number of benzene rings is 2. The number of imidazole rings is 1. The van der Waals surface area contributed by atoms with Crippen molar-refractivity contribution in [2.75, 3.05) is 19.0 Å². The Bertz CT molecular complexity index is 780. The second kappa shape index (κ2) is 5.26. The first-order valence-corrected chi connectivity index (χ1v) is 7.33. The van der Waals surface area contributed by atoms with Crippen LogP contribution in [0.2, 0.25) is 0 Å². The summed E-state index contributed by atoms with van der Waals surface area (Å²) >= 11 is 0. The van der Waals surface area contributed by atoms with Gasteiger partial charge in [-0.25, -0.2) is 4.98 Å². The number of anilines is 1. The minimum absolute atomic E-state index is 0.181. The smallest absolute Gasteiger partial charge is 0.201 e. The van der Waals surface area contributed by atoms with Crippen LogP contribution in [-0.2, 0) is 6.42 Å². The Morgan fingerprint density at radius 2 is 2.14 bits per heavy atom. The van der Waals surface area contributed by atoms with Crippen LogP contribution in [0.4, 0.5) is 5.95 Å². The van der Waals surface area contributed by atoms with Crippen LogP contribution in [0.15, 0.2) is 42.5 Å². The van der Waals surface area contributed by atoms with Gasteiger partial charge in [0.1, 0.15) is 6.61 Å². The number of nitrogens with zero attached hydrogens (tertiary/aromatic N) is 1. The molecule has 2 aromatic carbocycles. The van der Waals surface area contributed by atoms with Crippen LogP contribution in [0.25, 0.3) is 11.0 Å². The lowest BCUT2D eigenvalue weighted by Crippen LogP contribution is -2.33. The van der Waals surface area contributed by atoms with Gasteiger partial charge in [0.25, 0.3) is 0 Å². The summed E-state index contributed by atoms with van der Waals surface area (Å²) in [6, 6.07) is 14.2. The second-order valence-corrected chi connectivity index (χ2v) is 5.41. The monoisotopic (exact) mass is 295 g/mol. The predicted molar refractivity (Wildman–Crippen MR) is 85.7 cm³/mol. The van der Waals surface area contributed by atoms with Gasteiger partial charge in [0.2, 0.25) is 5.95 Å². The predicted octanol–water partition coefficient (Wildman–Crippen LogP) is 2.99. The lowest BCUT2D eigenvalue weighted by Gasteiger charge is -2.27. The van der Waals surface area contributed by atoms with Crippen LogP contribution in [0.5, 0.6) is 11.5 Å². The van der Waals surface area contributed by atoms with E-state index in [0.29, 0.717) is 6.61 Å². The minimum Gasteiger partial charge on any atom is -0.493 e. The Morgan fingerprint density at radius 1 is 1.23 bits per heavy atom. The molecule has 2 heterocycles. The lowest BCUT2D eigenvalue weighted by molar-refractivity contribution is 0.256. The number of methoxy groups -OCH3 is 1. The average molecular weight is 295 g/mol. The molecule has 4 rings (SSSR count). The van der Waals surface area contributed by atoms with E-state index in [9.17, 15) is 0 Å². The number of fused-ring (bicyclic) bond motifs is 2. The number of H-pyrrole nitrogens is 1. The van der Waals surface area contributed by atoms with E-state index >= 15 is 0 Å². The van der Waals surface area contributed by atoms with Crippen molar-refractivity contribution in [3.63, 3.8) is 0 Å². The van der Waals surface area contributed by atoms with E-state index < -0.39 is 0 Å². The van der Waals surface area contributed by atoms with Crippen molar-refractivity contribution in [2.24, 2.45) is 0 Å². The van der Waals surface area contributed by atoms with E-state index in [4.69, 9.17) is 9.47 Å². The highest BCUT2D eigenvalue weighted by molar-refractivity contribution is 5.77. The van der Waals surface area contributed by atoms with Crippen molar-refractivity contribution in [3.05, 3.63) is 48.0 Å². The molecule has 1 aliphatic rings. The van der Waals surface area contributed by atoms with Crippen LogP contribution in [0, 0.1) is 0 Å². The molecule has 5 nitrogen and oxygen atoms in total. The maximum atomic E-state index is 5.88. The molecule has 0 aliphatic carbocycles. The summed E-state index contributed by atoms with van der Waals surface area (Å²) in [6.07, 6.45) is 0.879. The molecule has 2 N–H and O–H groups in total. The van der Waals surface area contributed by atoms with Gasteiger partial charge in [-0.2, -0.15) is 0 Å². The van der Waals surface area contributed by atoms with E-state index in [1.807, 2.05) is 36.4 Å². The highest BCUT2D eigenvalue weighted by Gasteiger charge is 2.23. The summed E-state index contributed by atoms with van der Waals surface area (Å²) in [5, 5.41) is 3.42. The van der Waals surface area contributed by atoms with Gasteiger partial charge in [0, 0.05) is 5.56 Å². The van der Waals surface area contributed by atoms with Gasteiger partial charge >= 0.3 is 0 Å². The fourth-order valence-electron chi connectivity index (χ4n) is 2.86. The molecule has 3 aromatic rings. The molecule has 1 aromatic heterocycles. The summed E-state index contributed by atoms with van der Waals surface area (Å²) in [6.45, 7) is 0.588. The van der Waals surface area contributed by atoms with Gasteiger partial charge in [0.05, 0.1) is 24.2 Å².